The Bertz CT molecular complexity index is 650. The van der Waals surface area contributed by atoms with E-state index < -0.39 is 21.1 Å². The van der Waals surface area contributed by atoms with Gasteiger partial charge in [0.25, 0.3) is 5.91 Å². The van der Waals surface area contributed by atoms with Crippen LogP contribution in [0.5, 0.6) is 5.75 Å². The Balaban J connectivity index is 2.06. The molecule has 0 saturated carbocycles. The summed E-state index contributed by atoms with van der Waals surface area (Å²) in [6, 6.07) is 6.21. The zero-order chi connectivity index (χ0) is 15.6. The van der Waals surface area contributed by atoms with E-state index in [1.54, 1.807) is 24.3 Å². The summed E-state index contributed by atoms with van der Waals surface area (Å²) in [5.74, 6) is -0.269. The molecular weight excluding hydrogens is 294 g/mol. The number of rotatable bonds is 3. The molecule has 1 heterocycles. The van der Waals surface area contributed by atoms with E-state index in [2.05, 4.69) is 0 Å². The molecule has 7 heteroatoms. The molecule has 0 N–H and O–H groups in total. The highest BCUT2D eigenvalue weighted by molar-refractivity contribution is 7.91. The lowest BCUT2D eigenvalue weighted by Crippen LogP contribution is -2.31. The zero-order valence-corrected chi connectivity index (χ0v) is 12.7. The number of carbonyl (C=O) groups excluding carboxylic acids is 2. The number of benzene rings is 1. The summed E-state index contributed by atoms with van der Waals surface area (Å²) in [4.78, 5) is 24.6. The lowest BCUT2D eigenvalue weighted by Gasteiger charge is -2.16. The second kappa shape index (κ2) is 5.85. The number of hydrogen-bond acceptors (Lipinski definition) is 5. The number of sulfone groups is 1. The van der Waals surface area contributed by atoms with Crippen LogP contribution in [0.15, 0.2) is 24.3 Å². The lowest BCUT2D eigenvalue weighted by atomic mass is 10.2. The number of likely N-dealkylation sites (tertiary alicyclic amines) is 1. The van der Waals surface area contributed by atoms with Crippen LogP contribution in [0.3, 0.4) is 0 Å². The van der Waals surface area contributed by atoms with Crippen molar-refractivity contribution in [1.82, 2.24) is 4.90 Å². The van der Waals surface area contributed by atoms with E-state index in [1.807, 2.05) is 0 Å². The lowest BCUT2D eigenvalue weighted by molar-refractivity contribution is -0.131. The maximum atomic E-state index is 12.3. The first-order chi connectivity index (χ1) is 9.77. The van der Waals surface area contributed by atoms with Crippen LogP contribution in [-0.4, -0.2) is 49.8 Å². The van der Waals surface area contributed by atoms with Crippen molar-refractivity contribution in [2.24, 2.45) is 0 Å². The molecule has 0 radical (unpaired) electrons. The molecule has 1 aromatic carbocycles. The average molecular weight is 311 g/mol. The molecule has 2 rings (SSSR count). The van der Waals surface area contributed by atoms with Crippen LogP contribution in [-0.2, 0) is 14.6 Å². The average Bonchev–Trinajstić information content (AvgIpc) is 2.87. The minimum absolute atomic E-state index is 0.212. The van der Waals surface area contributed by atoms with Crippen molar-refractivity contribution in [3.05, 3.63) is 29.8 Å². The van der Waals surface area contributed by atoms with Gasteiger partial charge in [-0.2, -0.15) is 0 Å². The number of hydrogen-bond donors (Lipinski definition) is 0. The largest absolute Gasteiger partial charge is 0.427 e. The van der Waals surface area contributed by atoms with Crippen molar-refractivity contribution >= 4 is 21.7 Å². The third-order valence-electron chi connectivity index (χ3n) is 3.40. The molecule has 1 fully saturated rings. The SMILES string of the molecule is CC(=O)Oc1ccc(C(=O)N2CCC(S(C)(=O)=O)C2)cc1. The Labute approximate surface area is 123 Å². The molecule has 1 saturated heterocycles. The van der Waals surface area contributed by atoms with Gasteiger partial charge in [-0.3, -0.25) is 9.59 Å². The fourth-order valence-corrected chi connectivity index (χ4v) is 3.26. The number of carbonyl (C=O) groups is 2. The third-order valence-corrected chi connectivity index (χ3v) is 5.00. The molecule has 6 nitrogen and oxygen atoms in total. The topological polar surface area (TPSA) is 80.8 Å². The third kappa shape index (κ3) is 3.81. The highest BCUT2D eigenvalue weighted by atomic mass is 32.2. The van der Waals surface area contributed by atoms with Gasteiger partial charge in [0.05, 0.1) is 5.25 Å². The van der Waals surface area contributed by atoms with Crippen molar-refractivity contribution < 1.29 is 22.7 Å². The highest BCUT2D eigenvalue weighted by Crippen LogP contribution is 2.20. The molecule has 1 unspecified atom stereocenters. The summed E-state index contributed by atoms with van der Waals surface area (Å²) >= 11 is 0. The van der Waals surface area contributed by atoms with E-state index >= 15 is 0 Å². The van der Waals surface area contributed by atoms with E-state index in [0.717, 1.165) is 0 Å². The molecule has 0 spiro atoms. The van der Waals surface area contributed by atoms with Gasteiger partial charge in [-0.25, -0.2) is 8.42 Å². The number of amides is 1. The quantitative estimate of drug-likeness (QED) is 0.611. The van der Waals surface area contributed by atoms with Crippen molar-refractivity contribution in [2.45, 2.75) is 18.6 Å². The summed E-state index contributed by atoms with van der Waals surface area (Å²) < 4.78 is 27.9. The summed E-state index contributed by atoms with van der Waals surface area (Å²) in [6.07, 6.45) is 1.66. The van der Waals surface area contributed by atoms with Gasteiger partial charge in [-0.15, -0.1) is 0 Å². The van der Waals surface area contributed by atoms with E-state index in [-0.39, 0.29) is 12.5 Å². The van der Waals surface area contributed by atoms with Gasteiger partial charge in [0.2, 0.25) is 0 Å². The predicted octanol–water partition coefficient (Wildman–Crippen LogP) is 0.871. The van der Waals surface area contributed by atoms with Crippen molar-refractivity contribution in [3.63, 3.8) is 0 Å². The second-order valence-corrected chi connectivity index (χ2v) is 7.44. The minimum Gasteiger partial charge on any atom is -0.427 e. The minimum atomic E-state index is -3.12. The molecule has 0 aliphatic carbocycles. The van der Waals surface area contributed by atoms with Gasteiger partial charge in [0.1, 0.15) is 5.75 Å². The van der Waals surface area contributed by atoms with Gasteiger partial charge >= 0.3 is 5.97 Å². The molecule has 21 heavy (non-hydrogen) atoms. The maximum absolute atomic E-state index is 12.3. The van der Waals surface area contributed by atoms with Crippen LogP contribution in [0.2, 0.25) is 0 Å². The van der Waals surface area contributed by atoms with Crippen LogP contribution < -0.4 is 4.74 Å². The number of esters is 1. The zero-order valence-electron chi connectivity index (χ0n) is 11.9. The first-order valence-electron chi connectivity index (χ1n) is 6.54. The van der Waals surface area contributed by atoms with Gasteiger partial charge in [0, 0.05) is 31.8 Å². The van der Waals surface area contributed by atoms with Crippen LogP contribution >= 0.6 is 0 Å². The highest BCUT2D eigenvalue weighted by Gasteiger charge is 2.32. The van der Waals surface area contributed by atoms with Gasteiger partial charge in [-0.05, 0) is 30.7 Å². The van der Waals surface area contributed by atoms with E-state index in [1.165, 1.54) is 18.1 Å². The Morgan fingerprint density at radius 3 is 2.33 bits per heavy atom. The van der Waals surface area contributed by atoms with Gasteiger partial charge in [0.15, 0.2) is 9.84 Å². The fraction of sp³-hybridized carbons (Fsp3) is 0.429. The fourth-order valence-electron chi connectivity index (χ4n) is 2.28. The molecule has 1 atom stereocenters. The monoisotopic (exact) mass is 311 g/mol. The molecule has 1 aliphatic heterocycles. The smallest absolute Gasteiger partial charge is 0.308 e. The number of nitrogens with zero attached hydrogens (tertiary/aromatic N) is 1. The van der Waals surface area contributed by atoms with E-state index in [9.17, 15) is 18.0 Å². The molecule has 114 valence electrons. The Kier molecular flexibility index (Phi) is 4.32. The predicted molar refractivity (Wildman–Crippen MR) is 76.9 cm³/mol. The van der Waals surface area contributed by atoms with Gasteiger partial charge in [-0.1, -0.05) is 0 Å². The van der Waals surface area contributed by atoms with Crippen LogP contribution in [0.25, 0.3) is 0 Å². The summed E-state index contributed by atoms with van der Waals surface area (Å²) in [7, 11) is -3.12. The second-order valence-electron chi connectivity index (χ2n) is 5.11. The van der Waals surface area contributed by atoms with Crippen LogP contribution in [0.4, 0.5) is 0 Å². The normalized spacial score (nSPS) is 18.6. The van der Waals surface area contributed by atoms with Crippen molar-refractivity contribution in [2.75, 3.05) is 19.3 Å². The van der Waals surface area contributed by atoms with E-state index in [0.29, 0.717) is 24.3 Å². The summed E-state index contributed by atoms with van der Waals surface area (Å²) in [5, 5.41) is -0.484. The van der Waals surface area contributed by atoms with Gasteiger partial charge < -0.3 is 9.64 Å². The molecule has 1 aliphatic rings. The van der Waals surface area contributed by atoms with Crippen molar-refractivity contribution in [3.8, 4) is 5.75 Å². The first kappa shape index (κ1) is 15.5. The molecule has 0 bridgehead atoms. The maximum Gasteiger partial charge on any atom is 0.308 e. The standard InChI is InChI=1S/C14H17NO5S/c1-10(16)20-12-5-3-11(4-6-12)14(17)15-8-7-13(9-15)21(2,18)19/h3-6,13H,7-9H2,1-2H3. The van der Waals surface area contributed by atoms with Crippen molar-refractivity contribution in [1.29, 1.82) is 0 Å². The Morgan fingerprint density at radius 2 is 1.86 bits per heavy atom. The summed E-state index contributed by atoms with van der Waals surface area (Å²) in [5.41, 5.74) is 0.444. The molecular formula is C14H17NO5S. The van der Waals surface area contributed by atoms with E-state index in [4.69, 9.17) is 4.74 Å². The molecule has 0 aromatic heterocycles. The number of ether oxygens (including phenoxy) is 1. The Morgan fingerprint density at radius 1 is 1.24 bits per heavy atom. The molecule has 1 amide bonds. The summed E-state index contributed by atoms with van der Waals surface area (Å²) in [6.45, 7) is 1.96. The van der Waals surface area contributed by atoms with Crippen LogP contribution in [0, 0.1) is 0 Å². The Hall–Kier alpha value is -1.89. The van der Waals surface area contributed by atoms with Crippen LogP contribution in [0.1, 0.15) is 23.7 Å². The first-order valence-corrected chi connectivity index (χ1v) is 8.49. The molecule has 1 aromatic rings.